The van der Waals surface area contributed by atoms with Crippen molar-refractivity contribution in [1.82, 2.24) is 83.7 Å². The van der Waals surface area contributed by atoms with E-state index in [2.05, 4.69) is 90.7 Å². The molecule has 0 saturated carbocycles. The zero-order valence-electron chi connectivity index (χ0n) is 72.8. The number of hydrogen-bond acceptors (Lipinski definition) is 21. The maximum absolute atomic E-state index is 14.9. The van der Waals surface area contributed by atoms with E-state index in [0.717, 1.165) is 48.4 Å². The summed E-state index contributed by atoms with van der Waals surface area (Å²) in [5, 5.41) is 64.9. The lowest BCUT2D eigenvalue weighted by Gasteiger charge is -2.29. The van der Waals surface area contributed by atoms with Crippen LogP contribution >= 0.6 is 0 Å². The van der Waals surface area contributed by atoms with Crippen LogP contribution in [0.1, 0.15) is 218 Å². The topological polar surface area (TPSA) is 625 Å². The Morgan fingerprint density at radius 1 is 0.504 bits per heavy atom. The van der Waals surface area contributed by atoms with Gasteiger partial charge in [0.1, 0.15) is 66.2 Å². The summed E-state index contributed by atoms with van der Waals surface area (Å²) in [6.07, 6.45) is 14.6. The minimum atomic E-state index is -1.86. The number of guanidine groups is 1. The van der Waals surface area contributed by atoms with Crippen LogP contribution in [0.15, 0.2) is 78.3 Å². The number of amides is 14. The number of primary amides is 2. The smallest absolute Gasteiger partial charge is 0.245 e. The van der Waals surface area contributed by atoms with Crippen molar-refractivity contribution in [3.8, 4) is 0 Å². The molecule has 2 aromatic heterocycles. The monoisotopic (exact) mass is 1750 g/mol. The Balaban J connectivity index is 1.27. The van der Waals surface area contributed by atoms with Gasteiger partial charge in [0.25, 0.3) is 0 Å². The molecular weight excluding hydrogens is 1620 g/mol. The highest BCUT2D eigenvalue weighted by Gasteiger charge is 2.42. The third-order valence-electron chi connectivity index (χ3n) is 21.5. The number of H-pyrrole nitrogens is 2. The second kappa shape index (κ2) is 57.1. The van der Waals surface area contributed by atoms with Gasteiger partial charge < -0.3 is 117 Å². The van der Waals surface area contributed by atoms with Gasteiger partial charge in [0.05, 0.1) is 44.3 Å². The van der Waals surface area contributed by atoms with E-state index in [-0.39, 0.29) is 88.3 Å². The number of fused-ring (bicyclic) bond motifs is 1. The number of unbranched alkanes of at least 4 members (excludes halogenated alkanes) is 14. The maximum Gasteiger partial charge on any atom is 0.245 e. The highest BCUT2D eigenvalue weighted by atomic mass is 16.3. The van der Waals surface area contributed by atoms with Crippen molar-refractivity contribution in [1.29, 1.82) is 0 Å². The Hall–Kier alpha value is -11.5. The predicted octanol–water partition coefficient (Wildman–Crippen LogP) is -0.547. The average Bonchev–Trinajstić information content (AvgIpc) is 1.71. The van der Waals surface area contributed by atoms with Crippen LogP contribution in [0.4, 0.5) is 0 Å². The first kappa shape index (κ1) is 104. The number of rotatable bonds is 63. The Labute approximate surface area is 729 Å². The number of carbonyl (C=O) groups excluding carboxylic acids is 15. The molecule has 1 saturated heterocycles. The standard InChI is InChI=1S/C86H135N21O18/c1-6-9-11-12-13-14-15-16-17-18-19-20-24-37-71(113)95-49-72(114)105-74(53(4)108)84(124)101-65(38-39-70(87)112)79(119)103-68(44-57-47-92-52-97-57)82(122)106-75(54(5)109)85(125)100-63(33-10-7-2)77(117)96-50-73(115)107-51-59(111)45-69(107)83(123)104-66(42-55-30-22-21-23-31-55)80(120)99-64(36-29-41-93-86(89)90)78(118)102-67(43-56-46-94-61-34-26-25-32-60(56)61)81(121)98-62(76(88)116)35-27-28-40-91-48-58(110)8-3/h21-23,25-26,30-32,34,46-47,52-54,59,62-69,74-75,91,94,108-109,111H,6-20,24,27-29,33,35-45,48-51H2,1-5H3,(H2,87,112)(H2,88,116)(H,92,97)(H,95,113)(H,96,117)(H,98,121)(H,99,120)(H,100,125)(H,101,124)(H,102,118)(H,103,119)(H,104,123)(H,105,114)(H,106,122)(H4,89,90,93)/t53-,54-,59-,62+,63+,64+,65-,66-,67+,68+,69+,74+,75+/m1/s1. The SMILES string of the molecule is CCCCCCCCCCCCCCCC(=O)NCC(=O)N[C@H](C(=O)N[C@H](CCC(N)=O)C(=O)N[C@@H](Cc1cnc[nH]1)C(=O)N[C@H](C(=O)N[C@@H](CCCC)C(=O)NCC(=O)N1C[C@H](O)C[C@H]1C(=O)N[C@H](Cc1ccccc1)C(=O)N[C@@H](CCCN=C(N)N)C(=O)N[C@@H](Cc1c[nH]c2ccccc12)C(=O)N[C@@H](CCCCNCC(=O)CC)C(N)=O)[C@@H](C)O)[C@@H](C)O. The van der Waals surface area contributed by atoms with Crippen LogP contribution in [0.25, 0.3) is 10.9 Å². The summed E-state index contributed by atoms with van der Waals surface area (Å²) in [4.78, 5) is 222. The van der Waals surface area contributed by atoms with Crippen molar-refractivity contribution >= 4 is 105 Å². The van der Waals surface area contributed by atoms with Gasteiger partial charge >= 0.3 is 0 Å². The molecule has 1 fully saturated rings. The minimum Gasteiger partial charge on any atom is -0.391 e. The Bertz CT molecular complexity index is 4120. The van der Waals surface area contributed by atoms with Crippen LogP contribution in [0.2, 0.25) is 0 Å². The number of aliphatic hydroxyl groups excluding tert-OH is 3. The third-order valence-corrected chi connectivity index (χ3v) is 21.5. The molecule has 39 nitrogen and oxygen atoms in total. The maximum atomic E-state index is 14.9. The fourth-order valence-corrected chi connectivity index (χ4v) is 14.3. The van der Waals surface area contributed by atoms with E-state index in [9.17, 15) is 87.2 Å². The summed E-state index contributed by atoms with van der Waals surface area (Å²) in [7, 11) is 0. The number of Topliss-reactive ketones (excluding diaryl/α,β-unsaturated/α-hetero) is 1. The number of nitrogens with zero attached hydrogens (tertiary/aromatic N) is 3. The number of β-amino-alcohol motifs (C(OH)–C–C–N with tert-alkyl or cyclic N) is 1. The molecule has 5 rings (SSSR count). The number of aromatic amines is 2. The Kier molecular flexibility index (Phi) is 47.6. The summed E-state index contributed by atoms with van der Waals surface area (Å²) < 4.78 is 0. The lowest BCUT2D eigenvalue weighted by atomic mass is 10.0. The second-order valence-electron chi connectivity index (χ2n) is 32.0. The number of aromatic nitrogens is 3. The molecule has 3 heterocycles. The molecule has 1 aliphatic heterocycles. The van der Waals surface area contributed by atoms with Gasteiger partial charge in [0, 0.05) is 87.0 Å². The first-order chi connectivity index (χ1) is 59.8. The van der Waals surface area contributed by atoms with Crippen molar-refractivity contribution in [3.05, 3.63) is 90.1 Å². The lowest BCUT2D eigenvalue weighted by Crippen LogP contribution is -2.62. The molecule has 0 unspecified atom stereocenters. The minimum absolute atomic E-state index is 0.00956. The van der Waals surface area contributed by atoms with E-state index in [4.69, 9.17) is 22.9 Å². The van der Waals surface area contributed by atoms with Gasteiger partial charge in [-0.3, -0.25) is 76.9 Å². The number of ketones is 1. The zero-order valence-corrected chi connectivity index (χ0v) is 72.8. The number of hydrogen-bond donors (Lipinski definition) is 21. The van der Waals surface area contributed by atoms with Crippen molar-refractivity contribution in [2.24, 2.45) is 27.9 Å². The third kappa shape index (κ3) is 39.1. The quantitative estimate of drug-likeness (QED) is 0.0150. The predicted molar refractivity (Wildman–Crippen MR) is 467 cm³/mol. The van der Waals surface area contributed by atoms with Crippen LogP contribution in [-0.2, 0) is 91.2 Å². The van der Waals surface area contributed by atoms with Crippen LogP contribution < -0.4 is 86.7 Å². The van der Waals surface area contributed by atoms with E-state index in [1.165, 1.54) is 70.8 Å². The van der Waals surface area contributed by atoms with E-state index in [0.29, 0.717) is 56.2 Å². The number of nitrogens with one attached hydrogen (secondary N) is 14. The van der Waals surface area contributed by atoms with Gasteiger partial charge in [-0.25, -0.2) is 4.98 Å². The molecule has 4 aromatic rings. The van der Waals surface area contributed by atoms with Crippen molar-refractivity contribution < 1.29 is 87.2 Å². The van der Waals surface area contributed by atoms with Crippen LogP contribution in [-0.4, -0.2) is 248 Å². The molecule has 0 aliphatic carbocycles. The first-order valence-electron chi connectivity index (χ1n) is 43.8. The highest BCUT2D eigenvalue weighted by molar-refractivity contribution is 6.00. The number of aliphatic hydroxyl groups is 3. The second-order valence-corrected chi connectivity index (χ2v) is 32.0. The van der Waals surface area contributed by atoms with Gasteiger partial charge in [-0.05, 0) is 89.0 Å². The molecule has 0 bridgehead atoms. The van der Waals surface area contributed by atoms with E-state index < -0.39 is 194 Å². The lowest BCUT2D eigenvalue weighted by molar-refractivity contribution is -0.140. The van der Waals surface area contributed by atoms with E-state index >= 15 is 0 Å². The molecule has 25 N–H and O–H groups in total. The number of likely N-dealkylation sites (tertiary alicyclic amines) is 1. The number of para-hydroxylation sites is 1. The zero-order chi connectivity index (χ0) is 91.8. The van der Waals surface area contributed by atoms with Crippen molar-refractivity contribution in [2.75, 3.05) is 39.3 Å². The van der Waals surface area contributed by atoms with E-state index in [1.807, 2.05) is 18.2 Å². The molecule has 14 amide bonds. The van der Waals surface area contributed by atoms with Gasteiger partial charge in [-0.1, -0.05) is 159 Å². The van der Waals surface area contributed by atoms with Gasteiger partial charge in [0.2, 0.25) is 82.7 Å². The van der Waals surface area contributed by atoms with Crippen LogP contribution in [0.5, 0.6) is 0 Å². The number of imidazole rings is 1. The molecule has 0 radical (unpaired) electrons. The fraction of sp³-hybridized carbons (Fsp3) is 0.616. The molecule has 1 aliphatic rings. The summed E-state index contributed by atoms with van der Waals surface area (Å²) in [6.45, 7) is 6.92. The van der Waals surface area contributed by atoms with Crippen LogP contribution in [0, 0.1) is 0 Å². The molecule has 2 aromatic carbocycles. The number of benzene rings is 2. The van der Waals surface area contributed by atoms with Gasteiger partial charge in [0.15, 0.2) is 5.96 Å². The van der Waals surface area contributed by atoms with Gasteiger partial charge in [-0.15, -0.1) is 0 Å². The summed E-state index contributed by atoms with van der Waals surface area (Å²) >= 11 is 0. The Morgan fingerprint density at radius 2 is 1.03 bits per heavy atom. The largest absolute Gasteiger partial charge is 0.391 e. The number of nitrogens with two attached hydrogens (primary N) is 4. The highest BCUT2D eigenvalue weighted by Crippen LogP contribution is 2.23. The normalized spacial score (nSPS) is 15.7. The molecule has 692 valence electrons. The van der Waals surface area contributed by atoms with Crippen molar-refractivity contribution in [2.45, 2.75) is 300 Å². The fourth-order valence-electron chi connectivity index (χ4n) is 14.3. The first-order valence-corrected chi connectivity index (χ1v) is 43.8. The summed E-state index contributed by atoms with van der Waals surface area (Å²) in [6, 6.07) is 0.322. The molecule has 0 spiro atoms. The van der Waals surface area contributed by atoms with E-state index in [1.54, 1.807) is 56.4 Å². The molecule has 39 heteroatoms. The molecule has 125 heavy (non-hydrogen) atoms. The summed E-state index contributed by atoms with van der Waals surface area (Å²) in [5.74, 6) is -12.9. The number of aliphatic imine (C=N–C) groups is 1. The average molecular weight is 1750 g/mol. The Morgan fingerprint density at radius 3 is 1.62 bits per heavy atom. The summed E-state index contributed by atoms with van der Waals surface area (Å²) in [5.41, 5.74) is 24.7. The van der Waals surface area contributed by atoms with Crippen molar-refractivity contribution in [3.63, 3.8) is 0 Å². The number of carbonyl (C=O) groups is 15. The van der Waals surface area contributed by atoms with Crippen LogP contribution in [0.3, 0.4) is 0 Å². The van der Waals surface area contributed by atoms with Gasteiger partial charge in [-0.2, -0.15) is 0 Å². The molecule has 13 atom stereocenters. The molecular formula is C86H135N21O18.